The van der Waals surface area contributed by atoms with Crippen LogP contribution in [0.4, 0.5) is 0 Å². The maximum atomic E-state index is 5.99. The average molecular weight is 287 g/mol. The summed E-state index contributed by atoms with van der Waals surface area (Å²) >= 11 is 0. The first-order valence-corrected chi connectivity index (χ1v) is 7.95. The minimum absolute atomic E-state index is 0.378. The predicted molar refractivity (Wildman–Crippen MR) is 84.1 cm³/mol. The van der Waals surface area contributed by atoms with Gasteiger partial charge >= 0.3 is 0 Å². The van der Waals surface area contributed by atoms with Crippen molar-refractivity contribution in [3.05, 3.63) is 23.4 Å². The smallest absolute Gasteiger partial charge is 0.109 e. The predicted octanol–water partition coefficient (Wildman–Crippen LogP) is 2.89. The molecule has 21 heavy (non-hydrogen) atoms. The summed E-state index contributed by atoms with van der Waals surface area (Å²) < 4.78 is 2.05. The number of H-pyrrole nitrogens is 1. The number of nitrogens with two attached hydrogens (primary N) is 1. The number of aromatic nitrogens is 4. The number of hydrogen-bond donors (Lipinski definition) is 2. The topological polar surface area (TPSA) is 72.5 Å². The van der Waals surface area contributed by atoms with Gasteiger partial charge in [0.25, 0.3) is 0 Å². The van der Waals surface area contributed by atoms with Crippen molar-refractivity contribution in [3.63, 3.8) is 0 Å². The fourth-order valence-electron chi connectivity index (χ4n) is 3.46. The highest BCUT2D eigenvalue weighted by Gasteiger charge is 2.23. The van der Waals surface area contributed by atoms with E-state index in [1.54, 1.807) is 0 Å². The zero-order valence-electron chi connectivity index (χ0n) is 13.2. The molecule has 5 heteroatoms. The Morgan fingerprint density at radius 3 is 2.62 bits per heavy atom. The van der Waals surface area contributed by atoms with Gasteiger partial charge in [0.2, 0.25) is 0 Å². The van der Waals surface area contributed by atoms with Gasteiger partial charge in [-0.1, -0.05) is 0 Å². The quantitative estimate of drug-likeness (QED) is 0.911. The minimum Gasteiger partial charge on any atom is -0.342 e. The van der Waals surface area contributed by atoms with Gasteiger partial charge in [-0.2, -0.15) is 5.10 Å². The number of imidazole rings is 1. The Balaban J connectivity index is 1.87. The Bertz CT molecular complexity index is 617. The maximum Gasteiger partial charge on any atom is 0.109 e. The first-order valence-electron chi connectivity index (χ1n) is 7.95. The number of hydrogen-bond acceptors (Lipinski definition) is 3. The van der Waals surface area contributed by atoms with Crippen molar-refractivity contribution in [2.24, 2.45) is 5.73 Å². The molecular formula is C16H25N5. The van der Waals surface area contributed by atoms with E-state index in [9.17, 15) is 0 Å². The molecule has 0 aliphatic heterocycles. The second-order valence-electron chi connectivity index (χ2n) is 6.16. The number of nitrogens with one attached hydrogen (secondary N) is 1. The summed E-state index contributed by atoms with van der Waals surface area (Å²) in [6, 6.07) is 0.378. The van der Waals surface area contributed by atoms with Gasteiger partial charge in [0.15, 0.2) is 0 Å². The van der Waals surface area contributed by atoms with E-state index in [4.69, 9.17) is 5.73 Å². The Morgan fingerprint density at radius 1 is 1.29 bits per heavy atom. The van der Waals surface area contributed by atoms with E-state index in [1.165, 1.54) is 11.3 Å². The van der Waals surface area contributed by atoms with Crippen LogP contribution in [0.1, 0.15) is 55.7 Å². The summed E-state index contributed by atoms with van der Waals surface area (Å²) in [5.74, 6) is 1.64. The Labute approximate surface area is 126 Å². The fourth-order valence-corrected chi connectivity index (χ4v) is 3.46. The van der Waals surface area contributed by atoms with Gasteiger partial charge in [-0.25, -0.2) is 4.98 Å². The van der Waals surface area contributed by atoms with E-state index in [0.29, 0.717) is 12.0 Å². The van der Waals surface area contributed by atoms with E-state index in [1.807, 2.05) is 10.9 Å². The van der Waals surface area contributed by atoms with Gasteiger partial charge < -0.3 is 10.7 Å². The molecule has 3 rings (SSSR count). The lowest BCUT2D eigenvalue weighted by Gasteiger charge is -2.24. The van der Waals surface area contributed by atoms with Crippen LogP contribution < -0.4 is 5.73 Å². The van der Waals surface area contributed by atoms with Gasteiger partial charge in [0, 0.05) is 29.8 Å². The molecule has 3 N–H and O–H groups in total. The van der Waals surface area contributed by atoms with Gasteiger partial charge in [-0.05, 0) is 46.5 Å². The van der Waals surface area contributed by atoms with Crippen molar-refractivity contribution in [2.45, 2.75) is 65.0 Å². The first-order chi connectivity index (χ1) is 10.1. The second kappa shape index (κ2) is 5.64. The summed E-state index contributed by atoms with van der Waals surface area (Å²) in [7, 11) is 0. The lowest BCUT2D eigenvalue weighted by atomic mass is 9.86. The molecule has 0 spiro atoms. The highest BCUT2D eigenvalue weighted by atomic mass is 15.3. The summed E-state index contributed by atoms with van der Waals surface area (Å²) in [4.78, 5) is 8.15. The Hall–Kier alpha value is -1.62. The lowest BCUT2D eigenvalue weighted by molar-refractivity contribution is 0.386. The number of rotatable bonds is 3. The van der Waals surface area contributed by atoms with Crippen molar-refractivity contribution in [2.75, 3.05) is 0 Å². The van der Waals surface area contributed by atoms with Gasteiger partial charge in [-0.15, -0.1) is 0 Å². The molecule has 0 aromatic carbocycles. The zero-order chi connectivity index (χ0) is 15.0. The number of nitrogens with zero attached hydrogens (tertiary/aromatic N) is 3. The van der Waals surface area contributed by atoms with Gasteiger partial charge in [-0.3, -0.25) is 4.68 Å². The van der Waals surface area contributed by atoms with E-state index in [2.05, 4.69) is 35.8 Å². The van der Waals surface area contributed by atoms with Crippen molar-refractivity contribution >= 4 is 0 Å². The van der Waals surface area contributed by atoms with E-state index in [-0.39, 0.29) is 0 Å². The molecule has 2 heterocycles. The summed E-state index contributed by atoms with van der Waals surface area (Å²) in [6.45, 7) is 7.20. The van der Waals surface area contributed by atoms with Crippen LogP contribution >= 0.6 is 0 Å². The molecule has 0 radical (unpaired) electrons. The van der Waals surface area contributed by atoms with E-state index < -0.39 is 0 Å². The lowest BCUT2D eigenvalue weighted by Crippen LogP contribution is -2.26. The highest BCUT2D eigenvalue weighted by Crippen LogP contribution is 2.33. The van der Waals surface area contributed by atoms with Crippen molar-refractivity contribution in [1.29, 1.82) is 0 Å². The van der Waals surface area contributed by atoms with E-state index in [0.717, 1.165) is 49.4 Å². The molecule has 1 aliphatic carbocycles. The van der Waals surface area contributed by atoms with E-state index >= 15 is 0 Å². The van der Waals surface area contributed by atoms with Gasteiger partial charge in [0.05, 0.1) is 17.6 Å². The Morgan fingerprint density at radius 2 is 2.00 bits per heavy atom. The maximum absolute atomic E-state index is 5.99. The van der Waals surface area contributed by atoms with Crippen molar-refractivity contribution in [1.82, 2.24) is 19.7 Å². The summed E-state index contributed by atoms with van der Waals surface area (Å²) in [5, 5.41) is 4.59. The summed E-state index contributed by atoms with van der Waals surface area (Å²) in [6.07, 6.45) is 6.44. The molecule has 114 valence electrons. The summed E-state index contributed by atoms with van der Waals surface area (Å²) in [5.41, 5.74) is 10.5. The highest BCUT2D eigenvalue weighted by molar-refractivity contribution is 5.64. The minimum atomic E-state index is 0.378. The third-order valence-electron chi connectivity index (χ3n) is 4.70. The first kappa shape index (κ1) is 14.3. The van der Waals surface area contributed by atoms with Crippen LogP contribution in [-0.2, 0) is 6.54 Å². The van der Waals surface area contributed by atoms with Crippen LogP contribution in [0.25, 0.3) is 11.3 Å². The normalized spacial score (nSPS) is 22.7. The molecule has 0 bridgehead atoms. The molecule has 1 saturated carbocycles. The molecule has 1 fully saturated rings. The molecule has 1 aliphatic rings. The molecule has 0 unspecified atom stereocenters. The molecule has 0 saturated heterocycles. The molecular weight excluding hydrogens is 262 g/mol. The van der Waals surface area contributed by atoms with Crippen LogP contribution in [-0.4, -0.2) is 25.8 Å². The SMILES string of the molecule is CCn1nc(C)c(-c2cnc(C3CCC(N)CC3)[nH]2)c1C. The third-order valence-corrected chi connectivity index (χ3v) is 4.70. The standard InChI is InChI=1S/C16H25N5/c1-4-21-11(3)15(10(2)20-21)14-9-18-16(19-14)12-5-7-13(17)8-6-12/h9,12-13H,4-8,17H2,1-3H3,(H,18,19). The van der Waals surface area contributed by atoms with Crippen LogP contribution in [0, 0.1) is 13.8 Å². The third kappa shape index (κ3) is 2.62. The van der Waals surface area contributed by atoms with Crippen LogP contribution in [0.2, 0.25) is 0 Å². The molecule has 2 aromatic heterocycles. The Kier molecular flexibility index (Phi) is 3.85. The van der Waals surface area contributed by atoms with Crippen LogP contribution in [0.5, 0.6) is 0 Å². The molecule has 2 aromatic rings. The second-order valence-corrected chi connectivity index (χ2v) is 6.16. The number of aromatic amines is 1. The van der Waals surface area contributed by atoms with Gasteiger partial charge in [0.1, 0.15) is 5.82 Å². The van der Waals surface area contributed by atoms with Crippen molar-refractivity contribution in [3.8, 4) is 11.3 Å². The zero-order valence-corrected chi connectivity index (χ0v) is 13.2. The molecule has 5 nitrogen and oxygen atoms in total. The van der Waals surface area contributed by atoms with Crippen LogP contribution in [0.15, 0.2) is 6.20 Å². The van der Waals surface area contributed by atoms with Crippen LogP contribution in [0.3, 0.4) is 0 Å². The molecule has 0 atom stereocenters. The number of aryl methyl sites for hydroxylation is 2. The monoisotopic (exact) mass is 287 g/mol. The largest absolute Gasteiger partial charge is 0.342 e. The molecule has 0 amide bonds. The average Bonchev–Trinajstić information content (AvgIpc) is 3.04. The van der Waals surface area contributed by atoms with Crippen molar-refractivity contribution < 1.29 is 0 Å². The fraction of sp³-hybridized carbons (Fsp3) is 0.625.